The molecule has 2 aliphatic rings. The third-order valence-corrected chi connectivity index (χ3v) is 20.9. The van der Waals surface area contributed by atoms with Gasteiger partial charge in [-0.05, 0) is 82.4 Å². The Hall–Kier alpha value is -10.3. The highest BCUT2D eigenvalue weighted by Crippen LogP contribution is 2.23. The molecule has 15 atom stereocenters. The third-order valence-electron chi connectivity index (χ3n) is 20.9. The Morgan fingerprint density at radius 3 is 1.81 bits per heavy atom. The van der Waals surface area contributed by atoms with Crippen molar-refractivity contribution in [1.29, 1.82) is 0 Å². The van der Waals surface area contributed by atoms with Crippen molar-refractivity contribution in [3.63, 3.8) is 0 Å². The number of H-pyrrole nitrogens is 1. The third kappa shape index (κ3) is 39.4. The smallest absolute Gasteiger partial charge is 0.245 e. The average molecular weight is 1700 g/mol. The zero-order valence-corrected chi connectivity index (χ0v) is 70.3. The van der Waals surface area contributed by atoms with Gasteiger partial charge in [0, 0.05) is 75.3 Å². The Balaban J connectivity index is 0.000000509. The zero-order chi connectivity index (χ0) is 89.5. The summed E-state index contributed by atoms with van der Waals surface area (Å²) in [7, 11) is 0. The molecule has 2 saturated heterocycles. The zero-order valence-electron chi connectivity index (χ0n) is 70.3. The van der Waals surface area contributed by atoms with Crippen LogP contribution >= 0.6 is 0 Å². The lowest BCUT2D eigenvalue weighted by molar-refractivity contribution is -0.141. The summed E-state index contributed by atoms with van der Waals surface area (Å²) in [5.41, 5.74) is 35.8. The van der Waals surface area contributed by atoms with Crippen LogP contribution in [-0.4, -0.2) is 248 Å². The molecule has 0 bridgehead atoms. The average Bonchev–Trinajstić information content (AvgIpc) is 1.80. The Morgan fingerprint density at radius 2 is 1.20 bits per heavy atom. The molecule has 29 N–H and O–H groups in total. The summed E-state index contributed by atoms with van der Waals surface area (Å²) < 4.78 is 0. The van der Waals surface area contributed by atoms with Crippen LogP contribution in [0, 0.1) is 0 Å². The monoisotopic (exact) mass is 1700 g/mol. The molecule has 1 unspecified atom stereocenters. The van der Waals surface area contributed by atoms with E-state index in [-0.39, 0.29) is 101 Å². The number of amides is 13. The fourth-order valence-electron chi connectivity index (χ4n) is 14.0. The van der Waals surface area contributed by atoms with E-state index in [4.69, 9.17) is 34.4 Å². The molecule has 0 spiro atoms. The number of hydrogen-bond donors (Lipinski definition) is 23. The molecule has 13 amide bonds. The maximum Gasteiger partial charge on any atom is 0.245 e. The number of aromatic amines is 1. The topological polar surface area (TPSA) is 660 Å². The van der Waals surface area contributed by atoms with E-state index in [2.05, 4.69) is 75.4 Å². The number of hydrogen-bond acceptors (Lipinski definition) is 23. The summed E-state index contributed by atoms with van der Waals surface area (Å²) >= 11 is 0. The van der Waals surface area contributed by atoms with Gasteiger partial charge in [-0.2, -0.15) is 0 Å². The number of rotatable bonds is 46. The number of Topliss-reactive ketones (excluding diaryl/α,β-unsaturated/α-hetero) is 1. The van der Waals surface area contributed by atoms with Gasteiger partial charge < -0.3 is 118 Å². The number of carbonyl (C=O) groups excluding carboxylic acids is 14. The van der Waals surface area contributed by atoms with Crippen LogP contribution in [0.5, 0.6) is 0 Å². The number of nitrogens with two attached hydrogens (primary N) is 6. The number of para-hydroxylation sites is 1. The number of aromatic nitrogens is 1. The van der Waals surface area contributed by atoms with Crippen molar-refractivity contribution >= 4 is 99.4 Å². The molecule has 0 saturated carbocycles. The van der Waals surface area contributed by atoms with Gasteiger partial charge in [-0.15, -0.1) is 0 Å². The Morgan fingerprint density at radius 1 is 0.620 bits per heavy atom. The lowest BCUT2D eigenvalue weighted by Crippen LogP contribution is -2.64. The van der Waals surface area contributed by atoms with Gasteiger partial charge in [-0.25, -0.2) is 0 Å². The van der Waals surface area contributed by atoms with E-state index in [0.717, 1.165) is 41.5 Å². The fraction of sp³-hybridized carbons (Fsp3) is 0.646. The van der Waals surface area contributed by atoms with Gasteiger partial charge in [0.05, 0.1) is 55.9 Å². The van der Waals surface area contributed by atoms with E-state index in [1.165, 1.54) is 71.6 Å². The van der Waals surface area contributed by atoms with Crippen LogP contribution in [0.3, 0.4) is 0 Å². The van der Waals surface area contributed by atoms with Crippen molar-refractivity contribution < 1.29 is 92.7 Å². The number of aliphatic hydroxyl groups excluding tert-OH is 5. The van der Waals surface area contributed by atoms with Crippen LogP contribution < -0.4 is 92.9 Å². The molecule has 2 fully saturated rings. The summed E-state index contributed by atoms with van der Waals surface area (Å²) in [6.45, 7) is 5.42. The summed E-state index contributed by atoms with van der Waals surface area (Å²) in [4.78, 5) is 191. The molecule has 2 aromatic carbocycles. The number of nitrogens with one attached hydrogen (secondary N) is 12. The van der Waals surface area contributed by atoms with Crippen LogP contribution in [0.2, 0.25) is 0 Å². The molecule has 1 aromatic heterocycles. The molecule has 0 aliphatic carbocycles. The number of guanidine groups is 1. The molecule has 5 rings (SSSR count). The number of carbonyl (C=O) groups is 14. The van der Waals surface area contributed by atoms with E-state index in [1.54, 1.807) is 36.5 Å². The van der Waals surface area contributed by atoms with Gasteiger partial charge in [0.15, 0.2) is 11.7 Å². The van der Waals surface area contributed by atoms with Crippen molar-refractivity contribution in [2.75, 3.05) is 32.8 Å². The van der Waals surface area contributed by atoms with Crippen LogP contribution in [0.15, 0.2) is 65.8 Å². The van der Waals surface area contributed by atoms with Crippen molar-refractivity contribution in [2.45, 2.75) is 305 Å². The number of aliphatic imine (C=N–C) groups is 1. The Bertz CT molecular complexity index is 3810. The maximum atomic E-state index is 14.4. The van der Waals surface area contributed by atoms with Gasteiger partial charge in [0.25, 0.3) is 0 Å². The largest absolute Gasteiger partial charge is 0.394 e. The summed E-state index contributed by atoms with van der Waals surface area (Å²) in [5, 5.41) is 81.9. The molecular formula is C82H134N20O19. The first-order valence-corrected chi connectivity index (χ1v) is 42.2. The van der Waals surface area contributed by atoms with E-state index >= 15 is 0 Å². The fourth-order valence-corrected chi connectivity index (χ4v) is 14.0. The Labute approximate surface area is 706 Å². The van der Waals surface area contributed by atoms with E-state index < -0.39 is 182 Å². The van der Waals surface area contributed by atoms with Gasteiger partial charge in [0.2, 0.25) is 76.8 Å². The quantitative estimate of drug-likeness (QED) is 0.0118. The molecule has 2 aliphatic heterocycles. The minimum absolute atomic E-state index is 0.00276. The minimum Gasteiger partial charge on any atom is -0.394 e. The molecule has 39 heteroatoms. The van der Waals surface area contributed by atoms with E-state index in [0.29, 0.717) is 43.2 Å². The Kier molecular flexibility index (Phi) is 48.0. The van der Waals surface area contributed by atoms with Gasteiger partial charge in [-0.1, -0.05) is 152 Å². The van der Waals surface area contributed by atoms with E-state index in [9.17, 15) is 92.7 Å². The van der Waals surface area contributed by atoms with Crippen molar-refractivity contribution in [2.24, 2.45) is 39.4 Å². The standard InChI is InChI=1S/C42H58N12O8.C40H76N8O11/c43-28-15-16-35(56)47-17-7-6-13-30(36(44)57)50-39(60)33(20-25-22-49-29-12-5-4-11-27(25)29)52-37(58)31(14-8-18-48-42(45)46)51-38(59)32(19-24-9-2-1-3-10-24)53-40(61)34-21-26(55)23-54(34)41(28)62;1-5-7-9-10-11-12-13-14-15-16-17-18-19-21-34(54)43-24-35(55)44-31(25-49)39(58)47-29(22-32(41)52)37(56)46-30(23-33(42)53)38(57)48-36(27(4)51)40(59)45-28(26(3)50)20-8-6-2/h1-5,9-12,22,26,28,30-34,49,55H,6-8,13-21,23,43H2,(H2,44,57)(H,47,56)(H,50,60)(H,51,59)(H,52,58)(H,53,61)(H4,45,46,48);27-31,36-38,46,48-49,51,56-57H,5-25H2,1-4H3,(H2,41,52)(H2,42,53)(H,43,54)(H,44,55)(H,45,59)(H,47,58)/t26-,28+,30+,31+,32-,33+,34+;27?,28-,29-,30-,31-,36-,37-,38-/m10/s1. The van der Waals surface area contributed by atoms with Crippen LogP contribution in [0.1, 0.15) is 212 Å². The second kappa shape index (κ2) is 56.3. The summed E-state index contributed by atoms with van der Waals surface area (Å²) in [6, 6.07) is 1.84. The molecule has 3 heterocycles. The number of benzene rings is 2. The molecule has 39 nitrogen and oxygen atoms in total. The van der Waals surface area contributed by atoms with Crippen LogP contribution in [0.25, 0.3) is 10.9 Å². The van der Waals surface area contributed by atoms with Crippen molar-refractivity contribution in [1.82, 2.24) is 68.4 Å². The maximum absolute atomic E-state index is 14.4. The van der Waals surface area contributed by atoms with Gasteiger partial charge >= 0.3 is 0 Å². The molecule has 676 valence electrons. The van der Waals surface area contributed by atoms with Crippen molar-refractivity contribution in [3.8, 4) is 0 Å². The SMILES string of the molecule is CCCCCCCCCCCCCCCC(=O)NCC(=O)N[C@@H](CO)C(=O)N[C@@H](CC(N)=O)[C@H](O)N[C@@H](CC(N)=O)[C@H](O)N[C@H](C(=O)N[C@@H](CCCC)C(C)=O)C(C)O.NC(=O)[C@@H]1CCCCNC(=O)CC[C@H](N)C(=O)N2C[C@H](O)C[C@H]2C(=O)N[C@H](Cc2ccccc2)C(=O)N[C@@H](CCCN=C(N)N)C(=O)N[C@@H](Cc2c[nH]c3ccccc23)C(=O)N1. The van der Waals surface area contributed by atoms with Gasteiger partial charge in [0.1, 0.15) is 54.7 Å². The molecule has 3 aromatic rings. The highest BCUT2D eigenvalue weighted by Gasteiger charge is 2.43. The number of unbranched alkanes of at least 4 members (excludes halogenated alkanes) is 13. The van der Waals surface area contributed by atoms with Crippen LogP contribution in [-0.2, 0) is 80.0 Å². The molecule has 0 radical (unpaired) electrons. The number of primary amides is 3. The number of ketones is 1. The second-order valence-corrected chi connectivity index (χ2v) is 31.1. The highest BCUT2D eigenvalue weighted by atomic mass is 16.3. The first kappa shape index (κ1) is 103. The normalized spacial score (nSPS) is 20.5. The second-order valence-electron chi connectivity index (χ2n) is 31.1. The number of fused-ring (bicyclic) bond motifs is 2. The number of aliphatic hydroxyl groups is 5. The number of nitrogens with zero attached hydrogens (tertiary/aromatic N) is 2. The lowest BCUT2D eigenvalue weighted by atomic mass is 10.0. The lowest BCUT2D eigenvalue weighted by Gasteiger charge is -2.33. The first-order valence-electron chi connectivity index (χ1n) is 42.2. The van der Waals surface area contributed by atoms with Crippen molar-refractivity contribution in [3.05, 3.63) is 71.9 Å². The molecular weight excluding hydrogens is 1570 g/mol. The van der Waals surface area contributed by atoms with E-state index in [1.807, 2.05) is 31.2 Å². The van der Waals surface area contributed by atoms with Gasteiger partial charge in [-0.3, -0.25) is 82.7 Å². The minimum atomic E-state index is -1.93. The summed E-state index contributed by atoms with van der Waals surface area (Å²) in [5.74, 6) is -10.3. The highest BCUT2D eigenvalue weighted by molar-refractivity contribution is 5.98. The summed E-state index contributed by atoms with van der Waals surface area (Å²) in [6.07, 6.45) is 11.9. The predicted octanol–water partition coefficient (Wildman–Crippen LogP) is -2.70. The molecule has 121 heavy (non-hydrogen) atoms. The van der Waals surface area contributed by atoms with Crippen LogP contribution in [0.4, 0.5) is 0 Å². The first-order chi connectivity index (χ1) is 57.7. The predicted molar refractivity (Wildman–Crippen MR) is 451 cm³/mol.